The van der Waals surface area contributed by atoms with Crippen LogP contribution >= 0.6 is 0 Å². The maximum Gasteiger partial charge on any atom is 0.185 e. The van der Waals surface area contributed by atoms with Gasteiger partial charge in [0.15, 0.2) is 9.84 Å². The zero-order valence-electron chi connectivity index (χ0n) is 10.8. The van der Waals surface area contributed by atoms with Crippen molar-refractivity contribution in [2.45, 2.75) is 17.2 Å². The average molecular weight is 315 g/mol. The van der Waals surface area contributed by atoms with Gasteiger partial charge in [-0.25, -0.2) is 21.6 Å². The van der Waals surface area contributed by atoms with E-state index in [1.807, 2.05) is 0 Å². The molecule has 0 unspecified atom stereocenters. The van der Waals surface area contributed by atoms with Crippen LogP contribution in [0.5, 0.6) is 0 Å². The van der Waals surface area contributed by atoms with Crippen molar-refractivity contribution in [3.05, 3.63) is 65.0 Å². The van der Waals surface area contributed by atoms with Gasteiger partial charge in [-0.2, -0.15) is 0 Å². The second-order valence-electron chi connectivity index (χ2n) is 4.46. The van der Waals surface area contributed by atoms with Crippen molar-refractivity contribution in [1.82, 2.24) is 0 Å². The Labute approximate surface area is 120 Å². The van der Waals surface area contributed by atoms with Crippen LogP contribution < -0.4 is 5.73 Å². The molecule has 3 nitrogen and oxygen atoms in total. The molecule has 2 aromatic rings. The lowest BCUT2D eigenvalue weighted by atomic mass is 10.1. The Hall–Kier alpha value is -1.86. The van der Waals surface area contributed by atoms with Crippen LogP contribution in [0.4, 0.5) is 13.2 Å². The van der Waals surface area contributed by atoms with Crippen molar-refractivity contribution in [3.8, 4) is 0 Å². The summed E-state index contributed by atoms with van der Waals surface area (Å²) in [5, 5.41) is 0. The van der Waals surface area contributed by atoms with Crippen LogP contribution in [0.1, 0.15) is 11.1 Å². The smallest absolute Gasteiger partial charge is 0.185 e. The molecule has 0 spiro atoms. The second kappa shape index (κ2) is 5.87. The molecule has 0 aliphatic carbocycles. The van der Waals surface area contributed by atoms with E-state index in [4.69, 9.17) is 5.73 Å². The number of sulfone groups is 1. The normalized spacial score (nSPS) is 11.6. The molecule has 0 aromatic heterocycles. The van der Waals surface area contributed by atoms with Crippen LogP contribution in [-0.2, 0) is 22.1 Å². The van der Waals surface area contributed by atoms with Gasteiger partial charge in [-0.05, 0) is 29.8 Å². The first-order valence-electron chi connectivity index (χ1n) is 5.98. The summed E-state index contributed by atoms with van der Waals surface area (Å²) in [5.41, 5.74) is 5.81. The Bertz CT molecular complexity index is 776. The minimum atomic E-state index is -4.21. The summed E-state index contributed by atoms with van der Waals surface area (Å²) in [6, 6.07) is 5.92. The summed E-state index contributed by atoms with van der Waals surface area (Å²) in [6.45, 7) is 0.113. The zero-order valence-corrected chi connectivity index (χ0v) is 11.6. The van der Waals surface area contributed by atoms with Crippen molar-refractivity contribution < 1.29 is 21.6 Å². The van der Waals surface area contributed by atoms with Gasteiger partial charge < -0.3 is 5.73 Å². The lowest BCUT2D eigenvalue weighted by Crippen LogP contribution is -2.10. The van der Waals surface area contributed by atoms with Gasteiger partial charge >= 0.3 is 0 Å². The molecule has 0 heterocycles. The SMILES string of the molecule is NCc1ccc(F)c(CS(=O)(=O)c2cc(F)ccc2F)c1. The van der Waals surface area contributed by atoms with Crippen LogP contribution in [0, 0.1) is 17.5 Å². The Balaban J connectivity index is 2.44. The molecule has 2 N–H and O–H groups in total. The van der Waals surface area contributed by atoms with Gasteiger partial charge in [0.2, 0.25) is 0 Å². The standard InChI is InChI=1S/C14H12F3NO2S/c15-11-2-4-13(17)14(6-11)21(19,20)8-10-5-9(7-18)1-3-12(10)16/h1-6H,7-8,18H2. The number of halogens is 3. The molecule has 0 bridgehead atoms. The number of benzene rings is 2. The molecule has 0 amide bonds. The van der Waals surface area contributed by atoms with Crippen molar-refractivity contribution in [2.75, 3.05) is 0 Å². The zero-order chi connectivity index (χ0) is 15.6. The lowest BCUT2D eigenvalue weighted by molar-refractivity contribution is 0.551. The van der Waals surface area contributed by atoms with E-state index in [0.29, 0.717) is 11.6 Å². The van der Waals surface area contributed by atoms with Crippen LogP contribution in [-0.4, -0.2) is 8.42 Å². The second-order valence-corrected chi connectivity index (χ2v) is 6.42. The Morgan fingerprint density at radius 1 is 0.952 bits per heavy atom. The first kappa shape index (κ1) is 15.5. The van der Waals surface area contributed by atoms with Crippen molar-refractivity contribution >= 4 is 9.84 Å². The van der Waals surface area contributed by atoms with Crippen molar-refractivity contribution in [2.24, 2.45) is 5.73 Å². The van der Waals surface area contributed by atoms with Crippen molar-refractivity contribution in [3.63, 3.8) is 0 Å². The highest BCUT2D eigenvalue weighted by atomic mass is 32.2. The molecule has 21 heavy (non-hydrogen) atoms. The van der Waals surface area contributed by atoms with E-state index in [1.165, 1.54) is 12.1 Å². The quantitative estimate of drug-likeness (QED) is 0.943. The molecule has 0 saturated heterocycles. The van der Waals surface area contributed by atoms with Gasteiger partial charge in [0.05, 0.1) is 5.75 Å². The predicted molar refractivity (Wildman–Crippen MR) is 71.5 cm³/mol. The van der Waals surface area contributed by atoms with Gasteiger partial charge in [0.25, 0.3) is 0 Å². The highest BCUT2D eigenvalue weighted by molar-refractivity contribution is 7.90. The van der Waals surface area contributed by atoms with Crippen LogP contribution in [0.25, 0.3) is 0 Å². The fourth-order valence-electron chi connectivity index (χ4n) is 1.86. The van der Waals surface area contributed by atoms with E-state index in [9.17, 15) is 21.6 Å². The number of hydrogen-bond donors (Lipinski definition) is 1. The predicted octanol–water partition coefficient (Wildman–Crippen LogP) is 2.54. The Kier molecular flexibility index (Phi) is 4.34. The molecule has 0 saturated carbocycles. The molecule has 2 rings (SSSR count). The summed E-state index contributed by atoms with van der Waals surface area (Å²) >= 11 is 0. The highest BCUT2D eigenvalue weighted by Gasteiger charge is 2.22. The maximum absolute atomic E-state index is 13.7. The first-order chi connectivity index (χ1) is 9.83. The average Bonchev–Trinajstić information content (AvgIpc) is 2.43. The van der Waals surface area contributed by atoms with Crippen molar-refractivity contribution in [1.29, 1.82) is 0 Å². The third kappa shape index (κ3) is 3.43. The highest BCUT2D eigenvalue weighted by Crippen LogP contribution is 2.22. The topological polar surface area (TPSA) is 60.2 Å². The summed E-state index contributed by atoms with van der Waals surface area (Å²) < 4.78 is 64.5. The van der Waals surface area contributed by atoms with E-state index in [1.54, 1.807) is 0 Å². The molecule has 112 valence electrons. The minimum Gasteiger partial charge on any atom is -0.326 e. The largest absolute Gasteiger partial charge is 0.326 e. The van der Waals surface area contributed by atoms with E-state index in [2.05, 4.69) is 0 Å². The summed E-state index contributed by atoms with van der Waals surface area (Å²) in [7, 11) is -4.21. The Morgan fingerprint density at radius 3 is 2.29 bits per heavy atom. The van der Waals surface area contributed by atoms with Gasteiger partial charge in [0.1, 0.15) is 22.3 Å². The van der Waals surface area contributed by atoms with E-state index >= 15 is 0 Å². The fourth-order valence-corrected chi connectivity index (χ4v) is 3.31. The summed E-state index contributed by atoms with van der Waals surface area (Å²) in [5.74, 6) is -3.47. The number of rotatable bonds is 4. The molecule has 0 aliphatic rings. The minimum absolute atomic E-state index is 0.113. The van der Waals surface area contributed by atoms with E-state index < -0.39 is 37.9 Å². The van der Waals surface area contributed by atoms with Crippen LogP contribution in [0.15, 0.2) is 41.3 Å². The maximum atomic E-state index is 13.7. The summed E-state index contributed by atoms with van der Waals surface area (Å²) in [4.78, 5) is -0.792. The molecule has 2 aromatic carbocycles. The molecule has 0 radical (unpaired) electrons. The van der Waals surface area contributed by atoms with E-state index in [0.717, 1.165) is 18.2 Å². The Morgan fingerprint density at radius 2 is 1.62 bits per heavy atom. The number of hydrogen-bond acceptors (Lipinski definition) is 3. The molecular formula is C14H12F3NO2S. The van der Waals surface area contributed by atoms with Gasteiger partial charge in [0, 0.05) is 12.1 Å². The lowest BCUT2D eigenvalue weighted by Gasteiger charge is -2.08. The third-order valence-electron chi connectivity index (χ3n) is 2.92. The monoisotopic (exact) mass is 315 g/mol. The molecular weight excluding hydrogens is 303 g/mol. The number of nitrogens with two attached hydrogens (primary N) is 1. The molecule has 0 aliphatic heterocycles. The van der Waals surface area contributed by atoms with E-state index in [-0.39, 0.29) is 12.1 Å². The van der Waals surface area contributed by atoms with Crippen LogP contribution in [0.3, 0.4) is 0 Å². The van der Waals surface area contributed by atoms with Gasteiger partial charge in [-0.3, -0.25) is 0 Å². The molecule has 0 atom stereocenters. The third-order valence-corrected chi connectivity index (χ3v) is 4.59. The first-order valence-corrected chi connectivity index (χ1v) is 7.64. The summed E-state index contributed by atoms with van der Waals surface area (Å²) in [6.07, 6.45) is 0. The van der Waals surface area contributed by atoms with Gasteiger partial charge in [-0.15, -0.1) is 0 Å². The molecule has 0 fully saturated rings. The molecule has 7 heteroatoms. The van der Waals surface area contributed by atoms with Gasteiger partial charge in [-0.1, -0.05) is 12.1 Å². The fraction of sp³-hybridized carbons (Fsp3) is 0.143. The van der Waals surface area contributed by atoms with Crippen LogP contribution in [0.2, 0.25) is 0 Å².